The zero-order valence-electron chi connectivity index (χ0n) is 19.7. The van der Waals surface area contributed by atoms with Gasteiger partial charge in [-0.3, -0.25) is 9.13 Å². The topological polar surface area (TPSA) is 87.1 Å². The predicted octanol–water partition coefficient (Wildman–Crippen LogP) is 3.94. The third-order valence-electron chi connectivity index (χ3n) is 6.04. The molecule has 4 rings (SSSR count). The molecule has 0 aliphatic carbocycles. The Hall–Kier alpha value is -4.07. The van der Waals surface area contributed by atoms with Crippen molar-refractivity contribution in [2.45, 2.75) is 37.5 Å². The van der Waals surface area contributed by atoms with E-state index in [-0.39, 0.29) is 23.5 Å². The van der Waals surface area contributed by atoms with Gasteiger partial charge in [-0.2, -0.15) is 13.9 Å². The van der Waals surface area contributed by atoms with Crippen LogP contribution in [0.1, 0.15) is 18.5 Å². The number of aromatic nitrogens is 5. The summed E-state index contributed by atoms with van der Waals surface area (Å²) in [7, 11) is 0. The number of alkyl halides is 4. The van der Waals surface area contributed by atoms with E-state index >= 15 is 0 Å². The molecular formula is C24H21F6N5O3. The van der Waals surface area contributed by atoms with Gasteiger partial charge in [0, 0.05) is 24.0 Å². The second-order valence-electron chi connectivity index (χ2n) is 8.52. The Morgan fingerprint density at radius 3 is 2.39 bits per heavy atom. The van der Waals surface area contributed by atoms with Crippen molar-refractivity contribution in [3.63, 3.8) is 0 Å². The lowest BCUT2D eigenvalue weighted by atomic mass is 9.86. The summed E-state index contributed by atoms with van der Waals surface area (Å²) in [5, 5.41) is 15.6. The van der Waals surface area contributed by atoms with Gasteiger partial charge in [0.2, 0.25) is 0 Å². The molecule has 0 radical (unpaired) electrons. The van der Waals surface area contributed by atoms with Gasteiger partial charge < -0.3 is 9.84 Å². The summed E-state index contributed by atoms with van der Waals surface area (Å²) in [6.07, 6.45) is 1.31. The Bertz CT molecular complexity index is 1440. The summed E-state index contributed by atoms with van der Waals surface area (Å²) >= 11 is 0. The highest BCUT2D eigenvalue weighted by Gasteiger charge is 2.42. The molecule has 0 aliphatic rings. The van der Waals surface area contributed by atoms with Crippen LogP contribution < -0.4 is 10.4 Å². The SMILES string of the molecule is C[C@@H](n1ccn(-c2ccc(OCC(F)(F)C(F)F)cc2)c1=O)[C@](O)(Cn1cncn1)c1ccc(F)cc1F. The minimum absolute atomic E-state index is 0.121. The smallest absolute Gasteiger partial charge is 0.340 e. The Morgan fingerprint density at radius 2 is 1.79 bits per heavy atom. The first-order valence-corrected chi connectivity index (χ1v) is 11.1. The molecule has 8 nitrogen and oxygen atoms in total. The molecule has 0 fully saturated rings. The van der Waals surface area contributed by atoms with E-state index in [1.54, 1.807) is 0 Å². The molecule has 2 atom stereocenters. The molecule has 2 aromatic carbocycles. The first-order chi connectivity index (χ1) is 17.9. The molecular weight excluding hydrogens is 520 g/mol. The minimum atomic E-state index is -4.32. The fraction of sp³-hybridized carbons (Fsp3) is 0.292. The maximum Gasteiger partial charge on any atom is 0.340 e. The molecule has 4 aromatic rings. The fourth-order valence-corrected chi connectivity index (χ4v) is 3.90. The molecule has 202 valence electrons. The van der Waals surface area contributed by atoms with E-state index in [9.17, 15) is 36.2 Å². The van der Waals surface area contributed by atoms with E-state index < -0.39 is 47.9 Å². The van der Waals surface area contributed by atoms with Gasteiger partial charge in [-0.15, -0.1) is 0 Å². The van der Waals surface area contributed by atoms with Gasteiger partial charge in [-0.25, -0.2) is 32.0 Å². The number of ether oxygens (including phenoxy) is 1. The fourth-order valence-electron chi connectivity index (χ4n) is 3.90. The highest BCUT2D eigenvalue weighted by atomic mass is 19.3. The van der Waals surface area contributed by atoms with Crippen molar-refractivity contribution in [1.82, 2.24) is 23.9 Å². The molecule has 0 saturated heterocycles. The van der Waals surface area contributed by atoms with E-state index in [0.29, 0.717) is 6.07 Å². The number of imidazole rings is 1. The van der Waals surface area contributed by atoms with Gasteiger partial charge in [-0.05, 0) is 37.3 Å². The second-order valence-corrected chi connectivity index (χ2v) is 8.52. The van der Waals surface area contributed by atoms with Gasteiger partial charge in [0.15, 0.2) is 6.61 Å². The van der Waals surface area contributed by atoms with Gasteiger partial charge in [0.25, 0.3) is 0 Å². The van der Waals surface area contributed by atoms with Crippen LogP contribution in [-0.4, -0.2) is 48.0 Å². The minimum Gasteiger partial charge on any atom is -0.487 e. The Labute approximate surface area is 211 Å². The molecule has 0 unspecified atom stereocenters. The van der Waals surface area contributed by atoms with Gasteiger partial charge in [-0.1, -0.05) is 6.07 Å². The summed E-state index contributed by atoms with van der Waals surface area (Å²) in [5.41, 5.74) is -2.75. The molecule has 1 N–H and O–H groups in total. The predicted molar refractivity (Wildman–Crippen MR) is 121 cm³/mol. The molecule has 14 heteroatoms. The summed E-state index contributed by atoms with van der Waals surface area (Å²) < 4.78 is 87.5. The highest BCUT2D eigenvalue weighted by Crippen LogP contribution is 2.36. The largest absolute Gasteiger partial charge is 0.487 e. The van der Waals surface area contributed by atoms with Crippen LogP contribution in [0.5, 0.6) is 5.75 Å². The third kappa shape index (κ3) is 5.30. The first kappa shape index (κ1) is 27.0. The molecule has 0 saturated carbocycles. The Balaban J connectivity index is 1.64. The van der Waals surface area contributed by atoms with Crippen molar-refractivity contribution in [3.8, 4) is 11.4 Å². The van der Waals surface area contributed by atoms with Crippen LogP contribution in [0.3, 0.4) is 0 Å². The number of benzene rings is 2. The van der Waals surface area contributed by atoms with Crippen molar-refractivity contribution < 1.29 is 36.2 Å². The van der Waals surface area contributed by atoms with E-state index in [4.69, 9.17) is 4.74 Å². The maximum absolute atomic E-state index is 14.8. The lowest BCUT2D eigenvalue weighted by molar-refractivity contribution is -0.148. The van der Waals surface area contributed by atoms with Gasteiger partial charge in [0.05, 0.1) is 18.3 Å². The Morgan fingerprint density at radius 1 is 1.08 bits per heavy atom. The van der Waals surface area contributed by atoms with Crippen LogP contribution in [0.2, 0.25) is 0 Å². The number of hydrogen-bond donors (Lipinski definition) is 1. The van der Waals surface area contributed by atoms with E-state index in [1.165, 1.54) is 60.9 Å². The van der Waals surface area contributed by atoms with E-state index in [2.05, 4.69) is 10.1 Å². The number of aliphatic hydroxyl groups is 1. The van der Waals surface area contributed by atoms with Gasteiger partial charge in [0.1, 0.15) is 35.6 Å². The molecule has 0 amide bonds. The quantitative estimate of drug-likeness (QED) is 0.308. The number of halogens is 6. The standard InChI is InChI=1S/C24H21F6N5O3/c1-15(23(37,11-33-14-31-13-32-33)19-7-2-16(25)10-20(19)26)34-8-9-35(22(34)36)17-3-5-18(6-4-17)38-12-24(29,30)21(27)28/h2-10,13-15,21,37H,11-12H2,1H3/t15-,23-/m1/s1. The molecule has 2 aromatic heterocycles. The highest BCUT2D eigenvalue weighted by molar-refractivity contribution is 5.37. The molecule has 38 heavy (non-hydrogen) atoms. The summed E-state index contributed by atoms with van der Waals surface area (Å²) in [6, 6.07) is 6.68. The van der Waals surface area contributed by atoms with Crippen molar-refractivity contribution in [2.24, 2.45) is 0 Å². The van der Waals surface area contributed by atoms with Crippen LogP contribution in [-0.2, 0) is 12.1 Å². The lowest BCUT2D eigenvalue weighted by Gasteiger charge is -2.35. The monoisotopic (exact) mass is 541 g/mol. The van der Waals surface area contributed by atoms with E-state index in [1.807, 2.05) is 0 Å². The van der Waals surface area contributed by atoms with Gasteiger partial charge >= 0.3 is 18.0 Å². The number of nitrogens with zero attached hydrogens (tertiary/aromatic N) is 5. The Kier molecular flexibility index (Phi) is 7.35. The molecule has 0 bridgehead atoms. The third-order valence-corrected chi connectivity index (χ3v) is 6.04. The molecule has 2 heterocycles. The molecule has 0 aliphatic heterocycles. The van der Waals surface area contributed by atoms with Crippen LogP contribution in [0, 0.1) is 11.6 Å². The number of rotatable bonds is 10. The second kappa shape index (κ2) is 10.4. The number of hydrogen-bond acceptors (Lipinski definition) is 5. The lowest BCUT2D eigenvalue weighted by Crippen LogP contribution is -2.43. The van der Waals surface area contributed by atoms with Crippen LogP contribution >= 0.6 is 0 Å². The first-order valence-electron chi connectivity index (χ1n) is 11.1. The molecule has 0 spiro atoms. The van der Waals surface area contributed by atoms with Crippen LogP contribution in [0.15, 0.2) is 72.3 Å². The summed E-state index contributed by atoms with van der Waals surface area (Å²) in [6.45, 7) is -0.391. The van der Waals surface area contributed by atoms with Crippen molar-refractivity contribution >= 4 is 0 Å². The van der Waals surface area contributed by atoms with Crippen LogP contribution in [0.25, 0.3) is 5.69 Å². The normalized spacial score (nSPS) is 14.4. The maximum atomic E-state index is 14.8. The zero-order chi connectivity index (χ0) is 27.7. The van der Waals surface area contributed by atoms with Crippen molar-refractivity contribution in [3.05, 3.63) is 95.2 Å². The summed E-state index contributed by atoms with van der Waals surface area (Å²) in [4.78, 5) is 17.1. The summed E-state index contributed by atoms with van der Waals surface area (Å²) in [5.74, 6) is -6.32. The van der Waals surface area contributed by atoms with Crippen LogP contribution in [0.4, 0.5) is 26.3 Å². The van der Waals surface area contributed by atoms with Crippen molar-refractivity contribution in [1.29, 1.82) is 0 Å². The van der Waals surface area contributed by atoms with E-state index in [0.717, 1.165) is 21.3 Å². The zero-order valence-corrected chi connectivity index (χ0v) is 19.7. The average molecular weight is 541 g/mol. The average Bonchev–Trinajstić information content (AvgIpc) is 3.52. The van der Waals surface area contributed by atoms with Crippen molar-refractivity contribution in [2.75, 3.05) is 6.61 Å².